The fourth-order valence-corrected chi connectivity index (χ4v) is 3.76. The zero-order valence-electron chi connectivity index (χ0n) is 12.5. The number of hydrogen-bond donors (Lipinski definition) is 0. The fourth-order valence-electron chi connectivity index (χ4n) is 3.76. The van der Waals surface area contributed by atoms with Crippen LogP contribution in [0.4, 0.5) is 0 Å². The molecule has 0 atom stereocenters. The fraction of sp³-hybridized carbons (Fsp3) is 0.300. The van der Waals surface area contributed by atoms with Crippen LogP contribution in [0, 0.1) is 0 Å². The third-order valence-electron chi connectivity index (χ3n) is 4.67. The SMILES string of the molecule is CCOC1=CCCc2c1ccc1c2CCc2ccccc2-1. The van der Waals surface area contributed by atoms with Crippen LogP contribution < -0.4 is 0 Å². The first-order valence-corrected chi connectivity index (χ1v) is 7.95. The second-order valence-corrected chi connectivity index (χ2v) is 5.82. The molecule has 0 saturated heterocycles. The van der Waals surface area contributed by atoms with Gasteiger partial charge in [0.15, 0.2) is 0 Å². The van der Waals surface area contributed by atoms with Gasteiger partial charge in [-0.25, -0.2) is 0 Å². The van der Waals surface area contributed by atoms with Gasteiger partial charge in [0.1, 0.15) is 5.76 Å². The Labute approximate surface area is 126 Å². The van der Waals surface area contributed by atoms with Gasteiger partial charge in [0.2, 0.25) is 0 Å². The molecule has 4 rings (SSSR count). The highest BCUT2D eigenvalue weighted by Gasteiger charge is 2.23. The minimum Gasteiger partial charge on any atom is -0.494 e. The molecule has 2 aliphatic carbocycles. The Morgan fingerprint density at radius 1 is 0.857 bits per heavy atom. The molecule has 0 saturated carbocycles. The van der Waals surface area contributed by atoms with Gasteiger partial charge in [0.25, 0.3) is 0 Å². The Hall–Kier alpha value is -2.02. The van der Waals surface area contributed by atoms with Crippen molar-refractivity contribution in [2.24, 2.45) is 0 Å². The first-order chi connectivity index (χ1) is 10.4. The normalized spacial score (nSPS) is 15.6. The molecule has 2 aliphatic rings. The molecule has 0 amide bonds. The highest BCUT2D eigenvalue weighted by atomic mass is 16.5. The van der Waals surface area contributed by atoms with Crippen LogP contribution in [0.2, 0.25) is 0 Å². The van der Waals surface area contributed by atoms with Gasteiger partial charge in [0.05, 0.1) is 6.61 Å². The van der Waals surface area contributed by atoms with Gasteiger partial charge in [-0.2, -0.15) is 0 Å². The monoisotopic (exact) mass is 276 g/mol. The van der Waals surface area contributed by atoms with Crippen LogP contribution in [0.15, 0.2) is 42.5 Å². The molecule has 0 N–H and O–H groups in total. The average Bonchev–Trinajstić information content (AvgIpc) is 2.55. The third-order valence-corrected chi connectivity index (χ3v) is 4.67. The van der Waals surface area contributed by atoms with E-state index in [1.54, 1.807) is 5.56 Å². The lowest BCUT2D eigenvalue weighted by atomic mass is 9.79. The van der Waals surface area contributed by atoms with Gasteiger partial charge in [-0.05, 0) is 66.5 Å². The minimum atomic E-state index is 0.741. The summed E-state index contributed by atoms with van der Waals surface area (Å²) in [5.41, 5.74) is 8.74. The van der Waals surface area contributed by atoms with Gasteiger partial charge in [0, 0.05) is 5.56 Å². The molecule has 1 heteroatoms. The standard InChI is InChI=1S/C20H20O/c1-2-21-20-9-5-8-16-18-11-10-14-6-3-4-7-15(14)17(18)12-13-19(16)20/h3-4,6-7,9,12-13H,2,5,8,10-11H2,1H3. The van der Waals surface area contributed by atoms with Crippen LogP contribution in [0.5, 0.6) is 0 Å². The van der Waals surface area contributed by atoms with E-state index in [1.165, 1.54) is 27.8 Å². The van der Waals surface area contributed by atoms with E-state index >= 15 is 0 Å². The first kappa shape index (κ1) is 12.7. The van der Waals surface area contributed by atoms with Gasteiger partial charge < -0.3 is 4.74 Å². The van der Waals surface area contributed by atoms with Crippen LogP contribution in [0.1, 0.15) is 35.6 Å². The molecule has 0 aromatic heterocycles. The second-order valence-electron chi connectivity index (χ2n) is 5.82. The molecule has 0 radical (unpaired) electrons. The second kappa shape index (κ2) is 5.07. The zero-order chi connectivity index (χ0) is 14.2. The number of ether oxygens (including phenoxy) is 1. The number of allylic oxidation sites excluding steroid dienone is 1. The summed E-state index contributed by atoms with van der Waals surface area (Å²) in [7, 11) is 0. The summed E-state index contributed by atoms with van der Waals surface area (Å²) in [6, 6.07) is 13.4. The maximum absolute atomic E-state index is 5.83. The van der Waals surface area contributed by atoms with E-state index in [1.807, 2.05) is 0 Å². The van der Waals surface area contributed by atoms with E-state index in [4.69, 9.17) is 4.74 Å². The largest absolute Gasteiger partial charge is 0.494 e. The van der Waals surface area contributed by atoms with Crippen LogP contribution in [-0.2, 0) is 24.0 Å². The Kier molecular flexibility index (Phi) is 3.07. The molecule has 21 heavy (non-hydrogen) atoms. The van der Waals surface area contributed by atoms with E-state index in [-0.39, 0.29) is 0 Å². The summed E-state index contributed by atoms with van der Waals surface area (Å²) in [6.07, 6.45) is 6.81. The molecule has 2 aromatic rings. The van der Waals surface area contributed by atoms with Crippen LogP contribution in [-0.4, -0.2) is 6.61 Å². The quantitative estimate of drug-likeness (QED) is 0.767. The van der Waals surface area contributed by atoms with Crippen molar-refractivity contribution in [1.82, 2.24) is 0 Å². The van der Waals surface area contributed by atoms with Crippen LogP contribution in [0.3, 0.4) is 0 Å². The van der Waals surface area contributed by atoms with Crippen molar-refractivity contribution < 1.29 is 4.74 Å². The maximum Gasteiger partial charge on any atom is 0.122 e. The van der Waals surface area contributed by atoms with E-state index in [9.17, 15) is 0 Å². The number of aryl methyl sites for hydroxylation is 1. The molecule has 0 spiro atoms. The molecule has 0 fully saturated rings. The summed E-state index contributed by atoms with van der Waals surface area (Å²) in [6.45, 7) is 2.80. The first-order valence-electron chi connectivity index (χ1n) is 7.95. The van der Waals surface area contributed by atoms with Crippen molar-refractivity contribution in [3.8, 4) is 11.1 Å². The van der Waals surface area contributed by atoms with E-state index in [2.05, 4.69) is 49.4 Å². The molecular formula is C20H20O. The lowest BCUT2D eigenvalue weighted by molar-refractivity contribution is 0.295. The minimum absolute atomic E-state index is 0.741. The topological polar surface area (TPSA) is 9.23 Å². The molecule has 0 unspecified atom stereocenters. The number of rotatable bonds is 2. The Morgan fingerprint density at radius 2 is 1.67 bits per heavy atom. The zero-order valence-corrected chi connectivity index (χ0v) is 12.5. The Balaban J connectivity index is 1.88. The summed E-state index contributed by atoms with van der Waals surface area (Å²) in [5, 5.41) is 0. The van der Waals surface area contributed by atoms with Gasteiger partial charge in [-0.15, -0.1) is 0 Å². The van der Waals surface area contributed by atoms with Crippen molar-refractivity contribution >= 4 is 5.76 Å². The lowest BCUT2D eigenvalue weighted by Crippen LogP contribution is -2.12. The number of hydrogen-bond acceptors (Lipinski definition) is 1. The molecule has 2 aromatic carbocycles. The van der Waals surface area contributed by atoms with Crippen molar-refractivity contribution in [3.63, 3.8) is 0 Å². The molecule has 0 heterocycles. The van der Waals surface area contributed by atoms with Crippen molar-refractivity contribution in [2.75, 3.05) is 6.61 Å². The summed E-state index contributed by atoms with van der Waals surface area (Å²) in [4.78, 5) is 0. The van der Waals surface area contributed by atoms with Gasteiger partial charge >= 0.3 is 0 Å². The Morgan fingerprint density at radius 3 is 2.57 bits per heavy atom. The van der Waals surface area contributed by atoms with Crippen molar-refractivity contribution in [2.45, 2.75) is 32.6 Å². The third kappa shape index (κ3) is 1.99. The van der Waals surface area contributed by atoms with Crippen molar-refractivity contribution in [1.29, 1.82) is 0 Å². The molecule has 0 aliphatic heterocycles. The van der Waals surface area contributed by atoms with Gasteiger partial charge in [-0.1, -0.05) is 36.4 Å². The van der Waals surface area contributed by atoms with Crippen LogP contribution >= 0.6 is 0 Å². The van der Waals surface area contributed by atoms with E-state index in [0.29, 0.717) is 0 Å². The van der Waals surface area contributed by atoms with Crippen LogP contribution in [0.25, 0.3) is 16.9 Å². The number of fused-ring (bicyclic) bond motifs is 5. The smallest absolute Gasteiger partial charge is 0.122 e. The van der Waals surface area contributed by atoms with Crippen molar-refractivity contribution in [3.05, 3.63) is 64.7 Å². The number of benzene rings is 2. The Bertz CT molecular complexity index is 725. The summed E-state index contributed by atoms with van der Waals surface area (Å²) < 4.78 is 5.83. The van der Waals surface area contributed by atoms with Gasteiger partial charge in [-0.3, -0.25) is 0 Å². The summed E-state index contributed by atoms with van der Waals surface area (Å²) >= 11 is 0. The molecule has 1 nitrogen and oxygen atoms in total. The van der Waals surface area contributed by atoms with E-state index in [0.717, 1.165) is 38.0 Å². The highest BCUT2D eigenvalue weighted by molar-refractivity contribution is 5.78. The summed E-state index contributed by atoms with van der Waals surface area (Å²) in [5.74, 6) is 1.08. The lowest BCUT2D eigenvalue weighted by Gasteiger charge is -2.27. The molecule has 106 valence electrons. The molecular weight excluding hydrogens is 256 g/mol. The highest BCUT2D eigenvalue weighted by Crippen LogP contribution is 2.40. The predicted molar refractivity (Wildman–Crippen MR) is 87.2 cm³/mol. The molecule has 0 bridgehead atoms. The van der Waals surface area contributed by atoms with E-state index < -0.39 is 0 Å². The predicted octanol–water partition coefficient (Wildman–Crippen LogP) is 4.78. The average molecular weight is 276 g/mol. The maximum atomic E-state index is 5.83.